The minimum atomic E-state index is -0.896. The second-order valence-corrected chi connectivity index (χ2v) is 10.8. The molecule has 3 aliphatic rings. The summed E-state index contributed by atoms with van der Waals surface area (Å²) in [5, 5.41) is 4.62. The van der Waals surface area contributed by atoms with Gasteiger partial charge in [0.2, 0.25) is 5.69 Å². The van der Waals surface area contributed by atoms with E-state index in [0.717, 1.165) is 19.4 Å². The molecule has 0 aliphatic carbocycles. The van der Waals surface area contributed by atoms with Crippen LogP contribution < -0.4 is 14.4 Å². The predicted molar refractivity (Wildman–Crippen MR) is 137 cm³/mol. The Hall–Kier alpha value is -2.75. The second-order valence-electron chi connectivity index (χ2n) is 9.67. The smallest absolute Gasteiger partial charge is 0.319 e. The summed E-state index contributed by atoms with van der Waals surface area (Å²) in [7, 11) is 1.76. The van der Waals surface area contributed by atoms with Crippen LogP contribution in [0.2, 0.25) is 5.02 Å². The summed E-state index contributed by atoms with van der Waals surface area (Å²) in [4.78, 5) is 16.7. The molecule has 1 aromatic carbocycles. The van der Waals surface area contributed by atoms with Gasteiger partial charge in [0.05, 0.1) is 47.0 Å². The quantitative estimate of drug-likeness (QED) is 0.310. The molecule has 13 heteroatoms. The monoisotopic (exact) mass is 593 g/mol. The first kappa shape index (κ1) is 24.6. The van der Waals surface area contributed by atoms with Gasteiger partial charge in [0.25, 0.3) is 0 Å². The SMILES string of the molecule is [C-]#[N+]c1cnn(C)c1CN1CCOc2c(Cl)c(Br)c(F)c3nc(OC[C@@]45CCCN4C[C@H](F)C5)nc1c23. The maximum atomic E-state index is 15.5. The summed E-state index contributed by atoms with van der Waals surface area (Å²) in [5.41, 5.74) is 0.691. The number of nitrogens with zero attached hydrogens (tertiary/aromatic N) is 7. The Labute approximate surface area is 225 Å². The van der Waals surface area contributed by atoms with Gasteiger partial charge in [0, 0.05) is 20.0 Å². The maximum Gasteiger partial charge on any atom is 0.319 e. The van der Waals surface area contributed by atoms with Crippen LogP contribution in [0.3, 0.4) is 0 Å². The molecule has 194 valence electrons. The molecular weight excluding hydrogens is 572 g/mol. The van der Waals surface area contributed by atoms with E-state index in [1.54, 1.807) is 11.7 Å². The highest BCUT2D eigenvalue weighted by Crippen LogP contribution is 2.47. The van der Waals surface area contributed by atoms with Crippen LogP contribution >= 0.6 is 27.5 Å². The Balaban J connectivity index is 1.44. The van der Waals surface area contributed by atoms with Crippen molar-refractivity contribution < 1.29 is 18.3 Å². The Morgan fingerprint density at radius 3 is 3.03 bits per heavy atom. The molecule has 3 aliphatic heterocycles. The number of aryl methyl sites for hydroxylation is 1. The van der Waals surface area contributed by atoms with E-state index in [-0.39, 0.29) is 46.5 Å². The molecule has 0 bridgehead atoms. The third-order valence-corrected chi connectivity index (χ3v) is 8.86. The zero-order valence-electron chi connectivity index (χ0n) is 20.0. The van der Waals surface area contributed by atoms with Crippen molar-refractivity contribution in [3.63, 3.8) is 0 Å². The molecule has 3 aromatic rings. The Morgan fingerprint density at radius 1 is 1.38 bits per heavy atom. The fraction of sp³-hybridized carbons (Fsp3) is 0.500. The molecule has 0 amide bonds. The van der Waals surface area contributed by atoms with Gasteiger partial charge in [0.15, 0.2) is 11.6 Å². The van der Waals surface area contributed by atoms with Gasteiger partial charge in [-0.25, -0.2) is 13.6 Å². The summed E-state index contributed by atoms with van der Waals surface area (Å²) < 4.78 is 43.5. The van der Waals surface area contributed by atoms with E-state index in [4.69, 9.17) is 32.6 Å². The maximum absolute atomic E-state index is 15.5. The molecule has 0 N–H and O–H groups in total. The van der Waals surface area contributed by atoms with Gasteiger partial charge in [-0.1, -0.05) is 11.6 Å². The lowest BCUT2D eigenvalue weighted by Gasteiger charge is -2.31. The molecule has 9 nitrogen and oxygen atoms in total. The van der Waals surface area contributed by atoms with Gasteiger partial charge in [-0.05, 0) is 35.3 Å². The van der Waals surface area contributed by atoms with E-state index < -0.39 is 17.5 Å². The van der Waals surface area contributed by atoms with Crippen molar-refractivity contribution in [3.05, 3.63) is 38.6 Å². The van der Waals surface area contributed by atoms with Gasteiger partial charge < -0.3 is 14.4 Å². The van der Waals surface area contributed by atoms with Crippen LogP contribution in [0.15, 0.2) is 10.7 Å². The van der Waals surface area contributed by atoms with Crippen molar-refractivity contribution in [1.82, 2.24) is 24.6 Å². The highest BCUT2D eigenvalue weighted by atomic mass is 79.9. The molecular formula is C24H23BrClF2N7O2. The van der Waals surface area contributed by atoms with Crippen molar-refractivity contribution in [1.29, 1.82) is 0 Å². The lowest BCUT2D eigenvalue weighted by atomic mass is 9.95. The molecule has 6 rings (SSSR count). The van der Waals surface area contributed by atoms with Crippen LogP contribution in [0.5, 0.6) is 11.8 Å². The lowest BCUT2D eigenvalue weighted by molar-refractivity contribution is 0.107. The van der Waals surface area contributed by atoms with Crippen LogP contribution in [0.4, 0.5) is 20.3 Å². The van der Waals surface area contributed by atoms with Crippen molar-refractivity contribution in [3.8, 4) is 11.8 Å². The first-order valence-electron chi connectivity index (χ1n) is 12.0. The summed E-state index contributed by atoms with van der Waals surface area (Å²) in [6.45, 7) is 9.85. The second kappa shape index (κ2) is 9.22. The summed E-state index contributed by atoms with van der Waals surface area (Å²) in [6.07, 6.45) is 2.81. The molecule has 0 spiro atoms. The fourth-order valence-electron chi connectivity index (χ4n) is 5.71. The molecule has 2 fully saturated rings. The van der Waals surface area contributed by atoms with Crippen LogP contribution in [-0.2, 0) is 13.6 Å². The van der Waals surface area contributed by atoms with Crippen molar-refractivity contribution in [2.45, 2.75) is 37.5 Å². The Kier molecular flexibility index (Phi) is 6.12. The molecule has 2 saturated heterocycles. The normalized spacial score (nSPS) is 23.1. The number of halogens is 4. The molecule has 2 atom stereocenters. The van der Waals surface area contributed by atoms with Crippen molar-refractivity contribution >= 4 is 49.9 Å². The number of ether oxygens (including phenoxy) is 2. The number of anilines is 1. The Bertz CT molecular complexity index is 1450. The molecule has 37 heavy (non-hydrogen) atoms. The summed E-state index contributed by atoms with van der Waals surface area (Å²) >= 11 is 9.69. The Morgan fingerprint density at radius 2 is 2.22 bits per heavy atom. The van der Waals surface area contributed by atoms with Gasteiger partial charge in [-0.3, -0.25) is 9.58 Å². The van der Waals surface area contributed by atoms with E-state index in [0.29, 0.717) is 42.1 Å². The minimum absolute atomic E-state index is 0.00384. The summed E-state index contributed by atoms with van der Waals surface area (Å²) in [6, 6.07) is -0.00702. The molecule has 0 radical (unpaired) electrons. The average Bonchev–Trinajstić information content (AvgIpc) is 3.49. The number of hydrogen-bond acceptors (Lipinski definition) is 7. The van der Waals surface area contributed by atoms with E-state index in [9.17, 15) is 4.39 Å². The first-order chi connectivity index (χ1) is 17.8. The van der Waals surface area contributed by atoms with E-state index in [1.165, 1.54) is 6.20 Å². The molecule has 0 saturated carbocycles. The highest BCUT2D eigenvalue weighted by Gasteiger charge is 2.49. The standard InChI is InChI=1S/C24H23BrClF2N7O2/c1-29-14-9-30-33(2)15(14)11-34-6-7-36-21-16-20(19(28)17(25)18(21)26)31-23(32-22(16)34)37-12-24-4-3-5-35(24)10-13(27)8-24/h9,13H,3-8,10-12H2,2H3/t13-,24+/m1/s1. The van der Waals surface area contributed by atoms with Crippen LogP contribution in [-0.4, -0.2) is 69.2 Å². The van der Waals surface area contributed by atoms with Gasteiger partial charge in [-0.2, -0.15) is 15.1 Å². The van der Waals surface area contributed by atoms with Gasteiger partial charge in [0.1, 0.15) is 35.7 Å². The number of alkyl halides is 1. The third kappa shape index (κ3) is 3.99. The van der Waals surface area contributed by atoms with Crippen LogP contribution in [0, 0.1) is 12.4 Å². The molecule has 0 unspecified atom stereocenters. The third-order valence-electron chi connectivity index (χ3n) is 7.53. The average molecular weight is 595 g/mol. The van der Waals surface area contributed by atoms with Crippen molar-refractivity contribution in [2.75, 3.05) is 37.7 Å². The number of benzene rings is 1. The summed E-state index contributed by atoms with van der Waals surface area (Å²) in [5.74, 6) is 0.00458. The fourth-order valence-corrected chi connectivity index (χ4v) is 6.31. The zero-order chi connectivity index (χ0) is 25.9. The lowest BCUT2D eigenvalue weighted by Crippen LogP contribution is -2.43. The van der Waals surface area contributed by atoms with Crippen molar-refractivity contribution in [2.24, 2.45) is 7.05 Å². The number of aromatic nitrogens is 4. The molecule has 2 aromatic heterocycles. The topological polar surface area (TPSA) is 72.9 Å². The van der Waals surface area contributed by atoms with E-state index in [2.05, 4.69) is 35.8 Å². The number of hydrogen-bond donors (Lipinski definition) is 0. The van der Waals surface area contributed by atoms with E-state index in [1.807, 2.05) is 4.90 Å². The van der Waals surface area contributed by atoms with Gasteiger partial charge in [-0.15, -0.1) is 0 Å². The minimum Gasteiger partial charge on any atom is -0.489 e. The van der Waals surface area contributed by atoms with Crippen LogP contribution in [0.1, 0.15) is 25.0 Å². The first-order valence-corrected chi connectivity index (χ1v) is 13.1. The highest BCUT2D eigenvalue weighted by molar-refractivity contribution is 9.10. The predicted octanol–water partition coefficient (Wildman–Crippen LogP) is 4.82. The van der Waals surface area contributed by atoms with E-state index >= 15 is 4.39 Å². The largest absolute Gasteiger partial charge is 0.489 e. The van der Waals surface area contributed by atoms with Crippen LogP contribution in [0.25, 0.3) is 15.7 Å². The number of rotatable bonds is 5. The number of fused-ring (bicyclic) bond motifs is 1. The molecule has 5 heterocycles. The van der Waals surface area contributed by atoms with Gasteiger partial charge >= 0.3 is 6.01 Å². The zero-order valence-corrected chi connectivity index (χ0v) is 22.3.